The summed E-state index contributed by atoms with van der Waals surface area (Å²) in [5.74, 6) is -0.0925. The fourth-order valence-electron chi connectivity index (χ4n) is 4.24. The summed E-state index contributed by atoms with van der Waals surface area (Å²) in [6.07, 6.45) is 4.30. The molecule has 5 rings (SSSR count). The smallest absolute Gasteiger partial charge is 0.255 e. The highest BCUT2D eigenvalue weighted by Crippen LogP contribution is 2.15. The lowest BCUT2D eigenvalue weighted by Crippen LogP contribution is -2.24. The van der Waals surface area contributed by atoms with E-state index < -0.39 is 0 Å². The fourth-order valence-corrected chi connectivity index (χ4v) is 4.24. The van der Waals surface area contributed by atoms with Gasteiger partial charge < -0.3 is 9.88 Å². The van der Waals surface area contributed by atoms with E-state index in [9.17, 15) is 4.79 Å². The molecule has 0 atom stereocenters. The summed E-state index contributed by atoms with van der Waals surface area (Å²) in [6, 6.07) is 26.6. The lowest BCUT2D eigenvalue weighted by Gasteiger charge is -2.10. The fraction of sp³-hybridized carbons (Fsp3) is 0.179. The maximum atomic E-state index is 12.9. The monoisotopic (exact) mass is 449 g/mol. The molecule has 170 valence electrons. The van der Waals surface area contributed by atoms with Gasteiger partial charge in [-0.15, -0.1) is 0 Å². The van der Waals surface area contributed by atoms with Crippen molar-refractivity contribution in [1.29, 1.82) is 0 Å². The average molecular weight is 450 g/mol. The van der Waals surface area contributed by atoms with Crippen LogP contribution in [0.4, 0.5) is 0 Å². The Kier molecular flexibility index (Phi) is 6.21. The molecule has 1 amide bonds. The molecule has 0 saturated heterocycles. The maximum Gasteiger partial charge on any atom is 0.255 e. The van der Waals surface area contributed by atoms with Crippen LogP contribution >= 0.6 is 0 Å². The summed E-state index contributed by atoms with van der Waals surface area (Å²) < 4.78 is 4.06. The minimum atomic E-state index is -0.0925. The lowest BCUT2D eigenvalue weighted by atomic mass is 10.1. The number of benzene rings is 3. The van der Waals surface area contributed by atoms with Crippen molar-refractivity contribution in [1.82, 2.24) is 24.6 Å². The molecular formula is C28H27N5O. The first-order chi connectivity index (χ1) is 16.7. The van der Waals surface area contributed by atoms with Gasteiger partial charge in [-0.3, -0.25) is 9.48 Å². The second-order valence-electron chi connectivity index (χ2n) is 8.36. The normalized spacial score (nSPS) is 11.1. The van der Waals surface area contributed by atoms with Gasteiger partial charge in [0.25, 0.3) is 5.91 Å². The van der Waals surface area contributed by atoms with Crippen molar-refractivity contribution >= 4 is 16.9 Å². The predicted molar refractivity (Wildman–Crippen MR) is 134 cm³/mol. The van der Waals surface area contributed by atoms with Gasteiger partial charge in [0.05, 0.1) is 41.4 Å². The number of carbonyl (C=O) groups excluding carboxylic acids is 1. The average Bonchev–Trinajstić information content (AvgIpc) is 3.48. The van der Waals surface area contributed by atoms with Gasteiger partial charge >= 0.3 is 0 Å². The standard InChI is InChI=1S/C28H27N5O/c1-2-26-24(17-31-33(26)19-22-8-4-3-5-9-22)28(34)29-16-21-12-14-23(15-13-21)18-32-20-30-25-10-6-7-11-27(25)32/h3-15,17,20H,2,16,18-19H2,1H3,(H,29,34). The maximum absolute atomic E-state index is 12.9. The molecule has 0 aliphatic carbocycles. The van der Waals surface area contributed by atoms with Gasteiger partial charge in [0, 0.05) is 13.1 Å². The first-order valence-corrected chi connectivity index (χ1v) is 11.6. The van der Waals surface area contributed by atoms with Gasteiger partial charge in [-0.25, -0.2) is 4.98 Å². The molecule has 2 heterocycles. The second-order valence-corrected chi connectivity index (χ2v) is 8.36. The van der Waals surface area contributed by atoms with Crippen LogP contribution in [0.3, 0.4) is 0 Å². The second kappa shape index (κ2) is 9.75. The predicted octanol–water partition coefficient (Wildman–Crippen LogP) is 4.82. The molecule has 0 saturated carbocycles. The van der Waals surface area contributed by atoms with Crippen LogP contribution in [0.15, 0.2) is 91.4 Å². The molecule has 3 aromatic carbocycles. The minimum absolute atomic E-state index is 0.0925. The largest absolute Gasteiger partial charge is 0.348 e. The Morgan fingerprint density at radius 2 is 1.56 bits per heavy atom. The van der Waals surface area contributed by atoms with Gasteiger partial charge in [0.1, 0.15) is 0 Å². The molecule has 1 N–H and O–H groups in total. The number of fused-ring (bicyclic) bond motifs is 1. The number of imidazole rings is 1. The zero-order valence-electron chi connectivity index (χ0n) is 19.2. The number of nitrogens with one attached hydrogen (secondary N) is 1. The zero-order valence-corrected chi connectivity index (χ0v) is 19.2. The number of nitrogens with zero attached hydrogens (tertiary/aromatic N) is 4. The third-order valence-corrected chi connectivity index (χ3v) is 6.06. The molecule has 0 aliphatic heterocycles. The molecule has 34 heavy (non-hydrogen) atoms. The van der Waals surface area contributed by atoms with E-state index in [0.717, 1.165) is 40.8 Å². The highest BCUT2D eigenvalue weighted by atomic mass is 16.1. The van der Waals surface area contributed by atoms with E-state index >= 15 is 0 Å². The van der Waals surface area contributed by atoms with Crippen LogP contribution in [0.5, 0.6) is 0 Å². The Bertz CT molecular complexity index is 1400. The van der Waals surface area contributed by atoms with Crippen LogP contribution in [0.1, 0.15) is 39.7 Å². The Hall–Kier alpha value is -4.19. The van der Waals surface area contributed by atoms with Gasteiger partial charge in [-0.2, -0.15) is 5.10 Å². The molecule has 5 aromatic rings. The molecule has 0 fully saturated rings. The van der Waals surface area contributed by atoms with Crippen LogP contribution < -0.4 is 5.32 Å². The van der Waals surface area contributed by atoms with Crippen molar-refractivity contribution in [3.63, 3.8) is 0 Å². The summed E-state index contributed by atoms with van der Waals surface area (Å²) in [7, 11) is 0. The van der Waals surface area contributed by atoms with E-state index in [1.807, 2.05) is 47.4 Å². The summed E-state index contributed by atoms with van der Waals surface area (Å²) in [5.41, 5.74) is 7.12. The molecule has 6 nitrogen and oxygen atoms in total. The first kappa shape index (κ1) is 21.6. The molecule has 0 radical (unpaired) electrons. The van der Waals surface area contributed by atoms with E-state index in [4.69, 9.17) is 0 Å². The summed E-state index contributed by atoms with van der Waals surface area (Å²) >= 11 is 0. The number of amides is 1. The van der Waals surface area contributed by atoms with Gasteiger partial charge in [0.15, 0.2) is 0 Å². The Balaban J connectivity index is 1.22. The van der Waals surface area contributed by atoms with Crippen molar-refractivity contribution in [2.45, 2.75) is 33.0 Å². The lowest BCUT2D eigenvalue weighted by molar-refractivity contribution is 0.0950. The van der Waals surface area contributed by atoms with E-state index in [1.165, 1.54) is 5.56 Å². The minimum Gasteiger partial charge on any atom is -0.348 e. The van der Waals surface area contributed by atoms with Crippen molar-refractivity contribution in [2.75, 3.05) is 0 Å². The zero-order chi connectivity index (χ0) is 23.3. The molecule has 6 heteroatoms. The topological polar surface area (TPSA) is 64.7 Å². The Labute approximate surface area is 198 Å². The van der Waals surface area contributed by atoms with Gasteiger partial charge in [0.2, 0.25) is 0 Å². The van der Waals surface area contributed by atoms with Crippen molar-refractivity contribution in [2.24, 2.45) is 0 Å². The summed E-state index contributed by atoms with van der Waals surface area (Å²) in [4.78, 5) is 17.3. The van der Waals surface area contributed by atoms with Crippen LogP contribution in [-0.2, 0) is 26.1 Å². The number of rotatable bonds is 8. The SMILES string of the molecule is CCc1c(C(=O)NCc2ccc(Cn3cnc4ccccc43)cc2)cnn1Cc1ccccc1. The van der Waals surface area contributed by atoms with Crippen molar-refractivity contribution in [3.05, 3.63) is 119 Å². The number of para-hydroxylation sites is 2. The number of aromatic nitrogens is 4. The van der Waals surface area contributed by atoms with E-state index in [1.54, 1.807) is 6.20 Å². The number of hydrogen-bond donors (Lipinski definition) is 1. The third kappa shape index (κ3) is 4.62. The van der Waals surface area contributed by atoms with Crippen LogP contribution in [0.2, 0.25) is 0 Å². The molecule has 0 spiro atoms. The van der Waals surface area contributed by atoms with Gasteiger partial charge in [-0.05, 0) is 35.2 Å². The molecule has 0 aliphatic rings. The first-order valence-electron chi connectivity index (χ1n) is 11.6. The van der Waals surface area contributed by atoms with E-state index in [-0.39, 0.29) is 5.91 Å². The van der Waals surface area contributed by atoms with Crippen LogP contribution in [0, 0.1) is 0 Å². The third-order valence-electron chi connectivity index (χ3n) is 6.06. The number of carbonyl (C=O) groups is 1. The molecular weight excluding hydrogens is 422 g/mol. The van der Waals surface area contributed by atoms with E-state index in [2.05, 4.69) is 69.4 Å². The van der Waals surface area contributed by atoms with E-state index in [0.29, 0.717) is 18.7 Å². The summed E-state index contributed by atoms with van der Waals surface area (Å²) in [5, 5.41) is 7.52. The molecule has 0 bridgehead atoms. The van der Waals surface area contributed by atoms with Gasteiger partial charge in [-0.1, -0.05) is 73.7 Å². The van der Waals surface area contributed by atoms with Crippen LogP contribution in [-0.4, -0.2) is 25.2 Å². The quantitative estimate of drug-likeness (QED) is 0.369. The van der Waals surface area contributed by atoms with Crippen molar-refractivity contribution in [3.8, 4) is 0 Å². The summed E-state index contributed by atoms with van der Waals surface area (Å²) in [6.45, 7) is 3.94. The Morgan fingerprint density at radius 1 is 0.853 bits per heavy atom. The highest BCUT2D eigenvalue weighted by Gasteiger charge is 2.16. The Morgan fingerprint density at radius 3 is 2.35 bits per heavy atom. The highest BCUT2D eigenvalue weighted by molar-refractivity contribution is 5.95. The van der Waals surface area contributed by atoms with Crippen molar-refractivity contribution < 1.29 is 4.79 Å². The molecule has 0 unspecified atom stereocenters. The molecule has 2 aromatic heterocycles. The van der Waals surface area contributed by atoms with Crippen LogP contribution in [0.25, 0.3) is 11.0 Å². The number of hydrogen-bond acceptors (Lipinski definition) is 3.